The summed E-state index contributed by atoms with van der Waals surface area (Å²) >= 11 is 0. The van der Waals surface area contributed by atoms with Crippen LogP contribution in [0.25, 0.3) is 0 Å². The molecular formula is C17H25N3O3S. The Balaban J connectivity index is 1.69. The van der Waals surface area contributed by atoms with Crippen LogP contribution in [-0.4, -0.2) is 50.6 Å². The highest BCUT2D eigenvalue weighted by Crippen LogP contribution is 2.25. The van der Waals surface area contributed by atoms with E-state index in [1.807, 2.05) is 0 Å². The van der Waals surface area contributed by atoms with Crippen molar-refractivity contribution in [2.45, 2.75) is 37.0 Å². The predicted octanol–water partition coefficient (Wildman–Crippen LogP) is 2.40. The molecule has 0 radical (unpaired) electrons. The molecule has 0 unspecified atom stereocenters. The van der Waals surface area contributed by atoms with Gasteiger partial charge < -0.3 is 10.1 Å². The minimum atomic E-state index is -3.47. The first kappa shape index (κ1) is 17.4. The summed E-state index contributed by atoms with van der Waals surface area (Å²) < 4.78 is 32.7. The lowest BCUT2D eigenvalue weighted by Crippen LogP contribution is -2.36. The van der Waals surface area contributed by atoms with Crippen LogP contribution in [0.5, 0.6) is 0 Å². The fourth-order valence-corrected chi connectivity index (χ4v) is 4.75. The number of piperidine rings is 1. The Labute approximate surface area is 144 Å². The second kappa shape index (κ2) is 8.09. The zero-order chi connectivity index (χ0) is 16.8. The van der Waals surface area contributed by atoms with E-state index in [2.05, 4.69) is 16.4 Å². The van der Waals surface area contributed by atoms with E-state index in [0.717, 1.165) is 38.7 Å². The third kappa shape index (κ3) is 4.15. The van der Waals surface area contributed by atoms with Gasteiger partial charge in [0.1, 0.15) is 10.7 Å². The molecule has 0 spiro atoms. The molecule has 6 nitrogen and oxygen atoms in total. The number of rotatable bonds is 6. The van der Waals surface area contributed by atoms with Crippen LogP contribution in [0.3, 0.4) is 0 Å². The van der Waals surface area contributed by atoms with Gasteiger partial charge in [0, 0.05) is 25.8 Å². The van der Waals surface area contributed by atoms with Gasteiger partial charge >= 0.3 is 0 Å². The summed E-state index contributed by atoms with van der Waals surface area (Å²) in [6.07, 6.45) is 8.52. The summed E-state index contributed by atoms with van der Waals surface area (Å²) in [5, 5.41) is 3.21. The highest BCUT2D eigenvalue weighted by Gasteiger charge is 2.28. The summed E-state index contributed by atoms with van der Waals surface area (Å²) in [7, 11) is -3.47. The Hall–Kier alpha value is -1.44. The van der Waals surface area contributed by atoms with Gasteiger partial charge in [-0.3, -0.25) is 0 Å². The minimum absolute atomic E-state index is 0.285. The van der Waals surface area contributed by atoms with Gasteiger partial charge in [-0.15, -0.1) is 0 Å². The molecule has 0 atom stereocenters. The van der Waals surface area contributed by atoms with E-state index >= 15 is 0 Å². The largest absolute Gasteiger partial charge is 0.377 e. The zero-order valence-corrected chi connectivity index (χ0v) is 14.7. The van der Waals surface area contributed by atoms with E-state index in [9.17, 15) is 8.42 Å². The first-order valence-electron chi connectivity index (χ1n) is 8.62. The third-order valence-corrected chi connectivity index (χ3v) is 6.43. The highest BCUT2D eigenvalue weighted by atomic mass is 32.2. The summed E-state index contributed by atoms with van der Waals surface area (Å²) in [6, 6.07) is 3.33. The first-order valence-corrected chi connectivity index (χ1v) is 10.1. The number of aromatic nitrogens is 1. The summed E-state index contributed by atoms with van der Waals surface area (Å²) in [5.74, 6) is 0.454. The number of sulfonamides is 1. The van der Waals surface area contributed by atoms with Crippen molar-refractivity contribution in [3.8, 4) is 0 Å². The minimum Gasteiger partial charge on any atom is -0.377 e. The van der Waals surface area contributed by atoms with Gasteiger partial charge in [-0.25, -0.2) is 13.4 Å². The molecule has 0 aliphatic carbocycles. The van der Waals surface area contributed by atoms with Crippen molar-refractivity contribution in [1.29, 1.82) is 0 Å². The Morgan fingerprint density at radius 1 is 1.25 bits per heavy atom. The molecule has 1 saturated heterocycles. The molecule has 0 saturated carbocycles. The molecule has 1 aromatic rings. The second-order valence-corrected chi connectivity index (χ2v) is 8.09. The van der Waals surface area contributed by atoms with E-state index in [0.29, 0.717) is 32.1 Å². The van der Waals surface area contributed by atoms with Crippen LogP contribution in [0, 0.1) is 0 Å². The summed E-state index contributed by atoms with van der Waals surface area (Å²) in [5.41, 5.74) is 1.35. The number of ether oxygens (including phenoxy) is 1. The normalized spacial score (nSPS) is 19.8. The van der Waals surface area contributed by atoms with Crippen LogP contribution in [0.4, 0.5) is 5.82 Å². The van der Waals surface area contributed by atoms with E-state index in [4.69, 9.17) is 4.74 Å². The van der Waals surface area contributed by atoms with Gasteiger partial charge in [-0.1, -0.05) is 18.1 Å². The van der Waals surface area contributed by atoms with Crippen LogP contribution in [0.15, 0.2) is 34.9 Å². The molecular weight excluding hydrogens is 326 g/mol. The van der Waals surface area contributed by atoms with Crippen molar-refractivity contribution in [2.24, 2.45) is 0 Å². The number of nitrogens with one attached hydrogen (secondary N) is 1. The molecule has 3 rings (SSSR count). The molecule has 0 aromatic carbocycles. The fraction of sp³-hybridized carbons (Fsp3) is 0.588. The average molecular weight is 351 g/mol. The highest BCUT2D eigenvalue weighted by molar-refractivity contribution is 7.89. The van der Waals surface area contributed by atoms with Gasteiger partial charge in [0.05, 0.1) is 13.2 Å². The predicted molar refractivity (Wildman–Crippen MR) is 93.5 cm³/mol. The Bertz CT molecular complexity index is 682. The number of hydrogen-bond donors (Lipinski definition) is 1. The zero-order valence-electron chi connectivity index (χ0n) is 13.9. The first-order chi connectivity index (χ1) is 11.7. The van der Waals surface area contributed by atoms with E-state index in [-0.39, 0.29) is 4.90 Å². The standard InChI is InChI=1S/C17H25N3O3S/c21-24(22,20-11-2-1-3-12-20)16-5-4-9-18-17(16)19-10-6-15-7-13-23-14-8-15/h4-5,7,9H,1-3,6,8,10-14H2,(H,18,19). The van der Waals surface area contributed by atoms with E-state index in [1.54, 1.807) is 22.6 Å². The van der Waals surface area contributed by atoms with Crippen LogP contribution in [0.2, 0.25) is 0 Å². The van der Waals surface area contributed by atoms with Gasteiger partial charge in [0.2, 0.25) is 10.0 Å². The molecule has 24 heavy (non-hydrogen) atoms. The maximum absolute atomic E-state index is 12.9. The molecule has 3 heterocycles. The van der Waals surface area contributed by atoms with Crippen LogP contribution < -0.4 is 5.32 Å². The molecule has 2 aliphatic rings. The molecule has 7 heteroatoms. The SMILES string of the molecule is O=S(=O)(c1cccnc1NCCC1=CCOCC1)N1CCCCC1. The van der Waals surface area contributed by atoms with Crippen LogP contribution >= 0.6 is 0 Å². The maximum Gasteiger partial charge on any atom is 0.246 e. The number of hydrogen-bond acceptors (Lipinski definition) is 5. The van der Waals surface area contributed by atoms with Crippen molar-refractivity contribution in [3.63, 3.8) is 0 Å². The molecule has 0 amide bonds. The Morgan fingerprint density at radius 2 is 2.08 bits per heavy atom. The van der Waals surface area contributed by atoms with Gasteiger partial charge in [0.25, 0.3) is 0 Å². The topological polar surface area (TPSA) is 71.5 Å². The molecule has 2 aliphatic heterocycles. The number of anilines is 1. The van der Waals surface area contributed by atoms with Crippen LogP contribution in [0.1, 0.15) is 32.1 Å². The average Bonchev–Trinajstić information content (AvgIpc) is 2.64. The van der Waals surface area contributed by atoms with Crippen molar-refractivity contribution in [1.82, 2.24) is 9.29 Å². The third-order valence-electron chi connectivity index (χ3n) is 4.50. The smallest absolute Gasteiger partial charge is 0.246 e. The molecule has 1 fully saturated rings. The maximum atomic E-state index is 12.9. The monoisotopic (exact) mass is 351 g/mol. The van der Waals surface area contributed by atoms with Crippen molar-refractivity contribution < 1.29 is 13.2 Å². The van der Waals surface area contributed by atoms with Gasteiger partial charge in [0.15, 0.2) is 0 Å². The van der Waals surface area contributed by atoms with Crippen LogP contribution in [-0.2, 0) is 14.8 Å². The number of nitrogens with zero attached hydrogens (tertiary/aromatic N) is 2. The quantitative estimate of drug-likeness (QED) is 0.797. The lowest BCUT2D eigenvalue weighted by molar-refractivity contribution is 0.153. The summed E-state index contributed by atoms with van der Waals surface area (Å²) in [4.78, 5) is 4.55. The molecule has 1 aromatic heterocycles. The van der Waals surface area contributed by atoms with Crippen molar-refractivity contribution >= 4 is 15.8 Å². The molecule has 1 N–H and O–H groups in total. The van der Waals surface area contributed by atoms with E-state index < -0.39 is 10.0 Å². The lowest BCUT2D eigenvalue weighted by Gasteiger charge is -2.26. The van der Waals surface area contributed by atoms with E-state index in [1.165, 1.54) is 5.57 Å². The second-order valence-electron chi connectivity index (χ2n) is 6.18. The number of pyridine rings is 1. The van der Waals surface area contributed by atoms with Crippen molar-refractivity contribution in [3.05, 3.63) is 30.0 Å². The van der Waals surface area contributed by atoms with Crippen molar-refractivity contribution in [2.75, 3.05) is 38.2 Å². The fourth-order valence-electron chi connectivity index (χ4n) is 3.11. The molecule has 0 bridgehead atoms. The Morgan fingerprint density at radius 3 is 2.83 bits per heavy atom. The van der Waals surface area contributed by atoms with Gasteiger partial charge in [-0.05, 0) is 37.8 Å². The molecule has 132 valence electrons. The van der Waals surface area contributed by atoms with Gasteiger partial charge in [-0.2, -0.15) is 4.31 Å². The lowest BCUT2D eigenvalue weighted by atomic mass is 10.1. The summed E-state index contributed by atoms with van der Waals surface area (Å²) in [6.45, 7) is 3.32. The Kier molecular flexibility index (Phi) is 5.86.